The molecule has 2 rings (SSSR count). The molecule has 0 aliphatic carbocycles. The van der Waals surface area contributed by atoms with E-state index in [2.05, 4.69) is 9.50 Å². The Balaban J connectivity index is 2.28. The lowest BCUT2D eigenvalue weighted by molar-refractivity contribution is -0.339. The highest BCUT2D eigenvalue weighted by Gasteiger charge is 2.52. The summed E-state index contributed by atoms with van der Waals surface area (Å²) in [5.41, 5.74) is 0. The topological polar surface area (TPSA) is 259 Å². The molecule has 180 valence electrons. The van der Waals surface area contributed by atoms with Crippen LogP contribution >= 0.6 is 0 Å². The minimum Gasteiger partial charge on any atom is -0.479 e. The first-order chi connectivity index (χ1) is 14.2. The minimum absolute atomic E-state index is 0.712. The summed E-state index contributed by atoms with van der Waals surface area (Å²) in [5.74, 6) is -2.43. The summed E-state index contributed by atoms with van der Waals surface area (Å²) >= 11 is 0. The van der Waals surface area contributed by atoms with E-state index in [1.807, 2.05) is 0 Å². The van der Waals surface area contributed by atoms with Gasteiger partial charge in [-0.15, -0.1) is 0 Å². The van der Waals surface area contributed by atoms with Crippen LogP contribution in [0.3, 0.4) is 0 Å². The van der Waals surface area contributed by atoms with Crippen molar-refractivity contribution in [3.8, 4) is 0 Å². The second kappa shape index (κ2) is 9.96. The maximum Gasteiger partial charge on any atom is 0.397 e. The first kappa shape index (κ1) is 25.7. The third kappa shape index (κ3) is 6.26. The van der Waals surface area contributed by atoms with Gasteiger partial charge in [-0.2, -0.15) is 8.42 Å². The van der Waals surface area contributed by atoms with Gasteiger partial charge in [0.2, 0.25) is 5.91 Å². The SMILES string of the molecule is CC(=O)N[C@H]1C(O)O[C@H](COS(=O)(=O)O)[C@@H](O[C@@H]2O[C@@H](C(=O)O)[C@@H](O)[C@H](O)[C@H]2O)[C@@H]1O. The Bertz CT molecular complexity index is 761. The van der Waals surface area contributed by atoms with Crippen LogP contribution in [0.5, 0.6) is 0 Å². The Labute approximate surface area is 174 Å². The maximum atomic E-state index is 11.3. The summed E-state index contributed by atoms with van der Waals surface area (Å²) < 4.78 is 49.9. The average molecular weight is 477 g/mol. The minimum atomic E-state index is -4.99. The highest BCUT2D eigenvalue weighted by Crippen LogP contribution is 2.29. The van der Waals surface area contributed by atoms with Gasteiger partial charge >= 0.3 is 16.4 Å². The number of carboxylic acids is 1. The Morgan fingerprint density at radius 2 is 1.61 bits per heavy atom. The molecule has 2 aliphatic heterocycles. The van der Waals surface area contributed by atoms with E-state index in [1.54, 1.807) is 0 Å². The number of aliphatic carboxylic acids is 1. The summed E-state index contributed by atoms with van der Waals surface area (Å²) in [5, 5.41) is 61.4. The number of carbonyl (C=O) groups is 2. The van der Waals surface area contributed by atoms with Gasteiger partial charge in [-0.3, -0.25) is 9.35 Å². The molecule has 0 spiro atoms. The molecule has 0 radical (unpaired) electrons. The van der Waals surface area contributed by atoms with E-state index in [1.165, 1.54) is 0 Å². The normalized spacial score (nSPS) is 41.5. The van der Waals surface area contributed by atoms with Crippen LogP contribution in [-0.2, 0) is 38.4 Å². The summed E-state index contributed by atoms with van der Waals surface area (Å²) in [6, 6.07) is -1.53. The Kier molecular flexibility index (Phi) is 8.27. The van der Waals surface area contributed by atoms with Gasteiger partial charge in [0.1, 0.15) is 42.7 Å². The van der Waals surface area contributed by atoms with Crippen LogP contribution < -0.4 is 5.32 Å². The van der Waals surface area contributed by atoms with Gasteiger partial charge in [0.05, 0.1) is 6.61 Å². The van der Waals surface area contributed by atoms with Gasteiger partial charge < -0.3 is 50.2 Å². The molecule has 0 aromatic carbocycles. The molecule has 2 aliphatic rings. The first-order valence-corrected chi connectivity index (χ1v) is 10.1. The van der Waals surface area contributed by atoms with Gasteiger partial charge in [0.25, 0.3) is 0 Å². The maximum absolute atomic E-state index is 11.3. The zero-order valence-electron chi connectivity index (χ0n) is 15.8. The molecule has 0 aromatic heterocycles. The van der Waals surface area contributed by atoms with Crippen molar-refractivity contribution < 1.29 is 71.6 Å². The number of aliphatic hydroxyl groups excluding tert-OH is 5. The van der Waals surface area contributed by atoms with Crippen molar-refractivity contribution in [2.24, 2.45) is 0 Å². The van der Waals surface area contributed by atoms with Gasteiger partial charge in [-0.05, 0) is 0 Å². The van der Waals surface area contributed by atoms with Crippen LogP contribution in [-0.4, -0.2) is 123 Å². The molecule has 2 saturated heterocycles. The Morgan fingerprint density at radius 3 is 2.13 bits per heavy atom. The summed E-state index contributed by atoms with van der Waals surface area (Å²) in [6.45, 7) is 0.0206. The molecule has 10 atom stereocenters. The van der Waals surface area contributed by atoms with E-state index < -0.39 is 90.2 Å². The number of carboxylic acid groups (broad SMARTS) is 1. The van der Waals surface area contributed by atoms with Gasteiger partial charge in [0, 0.05) is 6.92 Å². The fraction of sp³-hybridized carbons (Fsp3) is 0.857. The molecular formula is C14H23NO15S. The van der Waals surface area contributed by atoms with E-state index in [0.29, 0.717) is 0 Å². The fourth-order valence-electron chi connectivity index (χ4n) is 3.10. The smallest absolute Gasteiger partial charge is 0.397 e. The predicted octanol–water partition coefficient (Wildman–Crippen LogP) is -5.33. The molecule has 31 heavy (non-hydrogen) atoms. The van der Waals surface area contributed by atoms with Crippen LogP contribution in [0.2, 0.25) is 0 Å². The molecule has 17 heteroatoms. The van der Waals surface area contributed by atoms with Gasteiger partial charge in [0.15, 0.2) is 18.7 Å². The average Bonchev–Trinajstić information content (AvgIpc) is 2.64. The van der Waals surface area contributed by atoms with Crippen LogP contribution in [0, 0.1) is 0 Å². The second-order valence-corrected chi connectivity index (χ2v) is 7.92. The molecule has 2 fully saturated rings. The van der Waals surface area contributed by atoms with Crippen molar-refractivity contribution in [1.29, 1.82) is 0 Å². The largest absolute Gasteiger partial charge is 0.479 e. The van der Waals surface area contributed by atoms with E-state index in [4.69, 9.17) is 23.9 Å². The highest BCUT2D eigenvalue weighted by molar-refractivity contribution is 7.80. The molecule has 1 amide bonds. The number of hydrogen-bond acceptors (Lipinski definition) is 13. The third-order valence-electron chi connectivity index (χ3n) is 4.55. The lowest BCUT2D eigenvalue weighted by Gasteiger charge is -2.46. The lowest BCUT2D eigenvalue weighted by atomic mass is 9.95. The third-order valence-corrected chi connectivity index (χ3v) is 4.98. The second-order valence-electron chi connectivity index (χ2n) is 6.83. The first-order valence-electron chi connectivity index (χ1n) is 8.71. The molecule has 0 bridgehead atoms. The van der Waals surface area contributed by atoms with Crippen molar-refractivity contribution in [1.82, 2.24) is 5.32 Å². The van der Waals surface area contributed by atoms with Gasteiger partial charge in [-0.1, -0.05) is 0 Å². The molecular weight excluding hydrogens is 454 g/mol. The van der Waals surface area contributed by atoms with Crippen molar-refractivity contribution in [3.63, 3.8) is 0 Å². The number of carbonyl (C=O) groups excluding carboxylic acids is 1. The monoisotopic (exact) mass is 477 g/mol. The highest BCUT2D eigenvalue weighted by atomic mass is 32.3. The standard InChI is InChI=1S/C14H23NO15S/c1-3(16)15-5-6(17)10(4(28-13(5)23)2-27-31(24,25)26)29-14-9(20)7(18)8(19)11(30-14)12(21)22/h4-11,13-14,17-20,23H,2H2,1H3,(H,15,16)(H,21,22)(H,24,25,26)/t4-,5-,6-,7+,8+,9-,10-,11-,13?,14-/m1/s1. The number of nitrogens with one attached hydrogen (secondary N) is 1. The summed E-state index contributed by atoms with van der Waals surface area (Å²) in [4.78, 5) is 22.5. The Hall–Kier alpha value is -1.51. The van der Waals surface area contributed by atoms with Crippen LogP contribution in [0.1, 0.15) is 6.92 Å². The van der Waals surface area contributed by atoms with Crippen molar-refractivity contribution in [2.75, 3.05) is 6.61 Å². The quantitative estimate of drug-likeness (QED) is 0.159. The van der Waals surface area contributed by atoms with Gasteiger partial charge in [-0.25, -0.2) is 8.98 Å². The zero-order valence-corrected chi connectivity index (χ0v) is 16.6. The van der Waals surface area contributed by atoms with E-state index in [-0.39, 0.29) is 0 Å². The summed E-state index contributed by atoms with van der Waals surface area (Å²) in [6.07, 6.45) is -17.4. The number of amides is 1. The Morgan fingerprint density at radius 1 is 1.00 bits per heavy atom. The number of aliphatic hydroxyl groups is 5. The number of rotatable bonds is 7. The van der Waals surface area contributed by atoms with Crippen LogP contribution in [0.15, 0.2) is 0 Å². The summed E-state index contributed by atoms with van der Waals surface area (Å²) in [7, 11) is -4.99. The number of ether oxygens (including phenoxy) is 3. The molecule has 16 nitrogen and oxygen atoms in total. The predicted molar refractivity (Wildman–Crippen MR) is 91.2 cm³/mol. The molecule has 2 heterocycles. The van der Waals surface area contributed by atoms with E-state index in [0.717, 1.165) is 6.92 Å². The van der Waals surface area contributed by atoms with Crippen molar-refractivity contribution in [2.45, 2.75) is 68.3 Å². The van der Waals surface area contributed by atoms with Crippen LogP contribution in [0.25, 0.3) is 0 Å². The number of hydrogen-bond donors (Lipinski definition) is 8. The zero-order chi connectivity index (χ0) is 23.7. The lowest BCUT2D eigenvalue weighted by Crippen LogP contribution is -2.67. The van der Waals surface area contributed by atoms with Crippen molar-refractivity contribution in [3.05, 3.63) is 0 Å². The molecule has 8 N–H and O–H groups in total. The van der Waals surface area contributed by atoms with Crippen molar-refractivity contribution >= 4 is 22.3 Å². The van der Waals surface area contributed by atoms with E-state index >= 15 is 0 Å². The van der Waals surface area contributed by atoms with Crippen LogP contribution in [0.4, 0.5) is 0 Å². The molecule has 0 aromatic rings. The van der Waals surface area contributed by atoms with E-state index in [9.17, 15) is 43.5 Å². The molecule has 0 saturated carbocycles. The fourth-order valence-corrected chi connectivity index (χ4v) is 3.41. The molecule has 1 unspecified atom stereocenters.